The van der Waals surface area contributed by atoms with Crippen LogP contribution in [0.3, 0.4) is 0 Å². The summed E-state index contributed by atoms with van der Waals surface area (Å²) in [5.41, 5.74) is 3.39. The van der Waals surface area contributed by atoms with Gasteiger partial charge >= 0.3 is 0 Å². The number of nitrogens with one attached hydrogen (secondary N) is 1. The highest BCUT2D eigenvalue weighted by Gasteiger charge is 2.19. The molecule has 0 unspecified atom stereocenters. The number of nitriles is 1. The van der Waals surface area contributed by atoms with Gasteiger partial charge in [0.05, 0.1) is 16.5 Å². The second kappa shape index (κ2) is 5.58. The van der Waals surface area contributed by atoms with Crippen molar-refractivity contribution >= 4 is 15.7 Å². The topological polar surface area (TPSA) is 70.0 Å². The molecule has 0 amide bonds. The summed E-state index contributed by atoms with van der Waals surface area (Å²) in [6.07, 6.45) is 0. The van der Waals surface area contributed by atoms with Gasteiger partial charge in [0.1, 0.15) is 0 Å². The number of aryl methyl sites for hydroxylation is 3. The Morgan fingerprint density at radius 1 is 1.00 bits per heavy atom. The van der Waals surface area contributed by atoms with Gasteiger partial charge in [-0.3, -0.25) is 4.72 Å². The summed E-state index contributed by atoms with van der Waals surface area (Å²) < 4.78 is 27.6. The molecule has 0 radical (unpaired) electrons. The van der Waals surface area contributed by atoms with Gasteiger partial charge in [-0.25, -0.2) is 8.42 Å². The van der Waals surface area contributed by atoms with Crippen LogP contribution in [0.2, 0.25) is 0 Å². The Kier molecular flexibility index (Phi) is 4.01. The zero-order chi connectivity index (χ0) is 15.6. The Hall–Kier alpha value is -2.32. The zero-order valence-corrected chi connectivity index (χ0v) is 13.0. The highest BCUT2D eigenvalue weighted by atomic mass is 32.2. The standard InChI is InChI=1S/C16H16N2O2S/c1-11-8-12(2)16(13(3)9-11)21(19,20)18-15-6-4-14(10-17)5-7-15/h4-9,18H,1-3H3. The van der Waals surface area contributed by atoms with Crippen molar-refractivity contribution < 1.29 is 8.42 Å². The van der Waals surface area contributed by atoms with Crippen molar-refractivity contribution in [1.29, 1.82) is 5.26 Å². The molecule has 0 aliphatic rings. The molecule has 0 heterocycles. The Balaban J connectivity index is 2.41. The Morgan fingerprint density at radius 3 is 2.00 bits per heavy atom. The van der Waals surface area contributed by atoms with Crippen LogP contribution in [0.15, 0.2) is 41.3 Å². The van der Waals surface area contributed by atoms with Crippen LogP contribution in [-0.2, 0) is 10.0 Å². The third-order valence-corrected chi connectivity index (χ3v) is 4.83. The first kappa shape index (κ1) is 15.1. The molecule has 21 heavy (non-hydrogen) atoms. The summed E-state index contributed by atoms with van der Waals surface area (Å²) in [6.45, 7) is 5.51. The van der Waals surface area contributed by atoms with E-state index in [0.29, 0.717) is 27.3 Å². The minimum atomic E-state index is -3.64. The fourth-order valence-corrected chi connectivity index (χ4v) is 3.92. The maximum Gasteiger partial charge on any atom is 0.262 e. The molecule has 2 aromatic rings. The average Bonchev–Trinajstić information content (AvgIpc) is 2.37. The quantitative estimate of drug-likeness (QED) is 0.945. The van der Waals surface area contributed by atoms with Crippen molar-refractivity contribution in [3.05, 3.63) is 58.7 Å². The number of rotatable bonds is 3. The number of sulfonamides is 1. The lowest BCUT2D eigenvalue weighted by molar-refractivity contribution is 0.600. The number of hydrogen-bond acceptors (Lipinski definition) is 3. The van der Waals surface area contributed by atoms with Crippen molar-refractivity contribution in [3.8, 4) is 6.07 Å². The third kappa shape index (κ3) is 3.23. The molecule has 5 heteroatoms. The normalized spacial score (nSPS) is 11.0. The number of anilines is 1. The molecule has 0 spiro atoms. The first-order chi connectivity index (χ1) is 9.83. The van der Waals surface area contributed by atoms with Crippen molar-refractivity contribution in [2.75, 3.05) is 4.72 Å². The Morgan fingerprint density at radius 2 is 1.52 bits per heavy atom. The number of hydrogen-bond donors (Lipinski definition) is 1. The maximum atomic E-state index is 12.5. The first-order valence-corrected chi connectivity index (χ1v) is 7.92. The summed E-state index contributed by atoms with van der Waals surface area (Å²) >= 11 is 0. The molecule has 0 saturated heterocycles. The predicted molar refractivity (Wildman–Crippen MR) is 82.6 cm³/mol. The summed E-state index contributed by atoms with van der Waals surface area (Å²) in [6, 6.07) is 12.0. The Bertz CT molecular complexity index is 793. The molecule has 0 aromatic heterocycles. The summed E-state index contributed by atoms with van der Waals surface area (Å²) in [4.78, 5) is 0.303. The lowest BCUT2D eigenvalue weighted by atomic mass is 10.1. The van der Waals surface area contributed by atoms with E-state index < -0.39 is 10.0 Å². The number of benzene rings is 2. The lowest BCUT2D eigenvalue weighted by Crippen LogP contribution is -2.15. The van der Waals surface area contributed by atoms with Crippen LogP contribution in [0.5, 0.6) is 0 Å². The smallest absolute Gasteiger partial charge is 0.262 e. The molecule has 2 rings (SSSR count). The molecule has 0 atom stereocenters. The molecule has 0 aliphatic heterocycles. The molecule has 0 aliphatic carbocycles. The van der Waals surface area contributed by atoms with E-state index in [2.05, 4.69) is 4.72 Å². The fraction of sp³-hybridized carbons (Fsp3) is 0.188. The fourth-order valence-electron chi connectivity index (χ4n) is 2.41. The second-order valence-electron chi connectivity index (χ2n) is 5.02. The maximum absolute atomic E-state index is 12.5. The van der Waals surface area contributed by atoms with Gasteiger partial charge in [0.25, 0.3) is 10.0 Å². The molecule has 0 fully saturated rings. The van der Waals surface area contributed by atoms with E-state index in [0.717, 1.165) is 5.56 Å². The van der Waals surface area contributed by atoms with Crippen LogP contribution in [0, 0.1) is 32.1 Å². The van der Waals surface area contributed by atoms with Gasteiger partial charge in [-0.05, 0) is 56.2 Å². The van der Waals surface area contributed by atoms with Gasteiger partial charge in [-0.1, -0.05) is 17.7 Å². The van der Waals surface area contributed by atoms with Gasteiger partial charge in [0, 0.05) is 5.69 Å². The van der Waals surface area contributed by atoms with Gasteiger partial charge in [0.2, 0.25) is 0 Å². The van der Waals surface area contributed by atoms with Crippen molar-refractivity contribution in [2.24, 2.45) is 0 Å². The zero-order valence-electron chi connectivity index (χ0n) is 12.1. The lowest BCUT2D eigenvalue weighted by Gasteiger charge is -2.13. The highest BCUT2D eigenvalue weighted by molar-refractivity contribution is 7.92. The average molecular weight is 300 g/mol. The van der Waals surface area contributed by atoms with E-state index in [9.17, 15) is 8.42 Å². The summed E-state index contributed by atoms with van der Waals surface area (Å²) in [5, 5.41) is 8.75. The SMILES string of the molecule is Cc1cc(C)c(S(=O)(=O)Nc2ccc(C#N)cc2)c(C)c1. The van der Waals surface area contributed by atoms with Crippen molar-refractivity contribution in [1.82, 2.24) is 0 Å². The van der Waals surface area contributed by atoms with Gasteiger partial charge < -0.3 is 0 Å². The minimum absolute atomic E-state index is 0.303. The largest absolute Gasteiger partial charge is 0.280 e. The van der Waals surface area contributed by atoms with Crippen LogP contribution >= 0.6 is 0 Å². The van der Waals surface area contributed by atoms with E-state index in [-0.39, 0.29) is 0 Å². The summed E-state index contributed by atoms with van der Waals surface area (Å²) in [5.74, 6) is 0. The molecule has 0 bridgehead atoms. The van der Waals surface area contributed by atoms with Crippen LogP contribution in [0.1, 0.15) is 22.3 Å². The van der Waals surface area contributed by atoms with Gasteiger partial charge in [-0.15, -0.1) is 0 Å². The van der Waals surface area contributed by atoms with E-state index in [1.165, 1.54) is 0 Å². The molecule has 108 valence electrons. The van der Waals surface area contributed by atoms with Crippen LogP contribution in [0.25, 0.3) is 0 Å². The third-order valence-electron chi connectivity index (χ3n) is 3.14. The summed E-state index contributed by atoms with van der Waals surface area (Å²) in [7, 11) is -3.64. The highest BCUT2D eigenvalue weighted by Crippen LogP contribution is 2.24. The second-order valence-corrected chi connectivity index (χ2v) is 6.64. The first-order valence-electron chi connectivity index (χ1n) is 6.44. The van der Waals surface area contributed by atoms with Crippen LogP contribution in [0.4, 0.5) is 5.69 Å². The molecule has 2 aromatic carbocycles. The molecule has 4 nitrogen and oxygen atoms in total. The minimum Gasteiger partial charge on any atom is -0.280 e. The van der Waals surface area contributed by atoms with Crippen molar-refractivity contribution in [3.63, 3.8) is 0 Å². The van der Waals surface area contributed by atoms with E-state index in [1.807, 2.05) is 25.1 Å². The van der Waals surface area contributed by atoms with E-state index in [4.69, 9.17) is 5.26 Å². The Labute approximate surface area is 125 Å². The van der Waals surface area contributed by atoms with E-state index in [1.54, 1.807) is 38.1 Å². The van der Waals surface area contributed by atoms with Crippen LogP contribution in [-0.4, -0.2) is 8.42 Å². The van der Waals surface area contributed by atoms with Crippen molar-refractivity contribution in [2.45, 2.75) is 25.7 Å². The van der Waals surface area contributed by atoms with Gasteiger partial charge in [-0.2, -0.15) is 5.26 Å². The number of nitrogens with zero attached hydrogens (tertiary/aromatic N) is 1. The molecular weight excluding hydrogens is 284 g/mol. The molecular formula is C16H16N2O2S. The monoisotopic (exact) mass is 300 g/mol. The molecule has 1 N–H and O–H groups in total. The van der Waals surface area contributed by atoms with E-state index >= 15 is 0 Å². The molecule has 0 saturated carbocycles. The van der Waals surface area contributed by atoms with Crippen LogP contribution < -0.4 is 4.72 Å². The predicted octanol–water partition coefficient (Wildman–Crippen LogP) is 3.28. The van der Waals surface area contributed by atoms with Gasteiger partial charge in [0.15, 0.2) is 0 Å².